The molecular weight excluding hydrogens is 277 g/mol. The molecule has 0 atom stereocenters. The second-order valence-corrected chi connectivity index (χ2v) is 4.82. The number of hydrogen-bond donors (Lipinski definition) is 0. The van der Waals surface area contributed by atoms with E-state index >= 15 is 0 Å². The van der Waals surface area contributed by atoms with E-state index in [0.717, 1.165) is 25.0 Å². The summed E-state index contributed by atoms with van der Waals surface area (Å²) >= 11 is 5.85. The van der Waals surface area contributed by atoms with Crippen LogP contribution in [0.5, 0.6) is 0 Å². The van der Waals surface area contributed by atoms with Crippen LogP contribution in [0.2, 0.25) is 5.15 Å². The van der Waals surface area contributed by atoms with Crippen molar-refractivity contribution in [2.75, 3.05) is 0 Å². The Morgan fingerprint density at radius 3 is 2.47 bits per heavy atom. The van der Waals surface area contributed by atoms with Crippen LogP contribution in [0, 0.1) is 17.5 Å². The summed E-state index contributed by atoms with van der Waals surface area (Å²) in [7, 11) is 0. The molecular formula is C13H8ClF3N2. The summed E-state index contributed by atoms with van der Waals surface area (Å²) in [6.07, 6.45) is 1.92. The molecule has 1 fully saturated rings. The average Bonchev–Trinajstić information content (AvgIpc) is 3.19. The summed E-state index contributed by atoms with van der Waals surface area (Å²) in [5.74, 6) is -3.27. The highest BCUT2D eigenvalue weighted by Gasteiger charge is 2.28. The summed E-state index contributed by atoms with van der Waals surface area (Å²) in [6.45, 7) is 0. The van der Waals surface area contributed by atoms with Gasteiger partial charge in [-0.05, 0) is 25.0 Å². The highest BCUT2D eigenvalue weighted by molar-refractivity contribution is 6.29. The molecule has 19 heavy (non-hydrogen) atoms. The number of hydrogen-bond acceptors (Lipinski definition) is 2. The molecule has 0 unspecified atom stereocenters. The number of halogens is 4. The summed E-state index contributed by atoms with van der Waals surface area (Å²) < 4.78 is 39.8. The van der Waals surface area contributed by atoms with Gasteiger partial charge in [-0.25, -0.2) is 23.1 Å². The molecule has 2 nitrogen and oxygen atoms in total. The van der Waals surface area contributed by atoms with Crippen molar-refractivity contribution >= 4 is 11.6 Å². The highest BCUT2D eigenvalue weighted by atomic mass is 35.5. The summed E-state index contributed by atoms with van der Waals surface area (Å²) in [4.78, 5) is 8.23. The van der Waals surface area contributed by atoms with Gasteiger partial charge in [0.25, 0.3) is 0 Å². The quantitative estimate of drug-likeness (QED) is 0.613. The van der Waals surface area contributed by atoms with Crippen LogP contribution >= 0.6 is 11.6 Å². The van der Waals surface area contributed by atoms with Crippen LogP contribution in [-0.4, -0.2) is 9.97 Å². The van der Waals surface area contributed by atoms with E-state index in [1.54, 1.807) is 0 Å². The standard InChI is InChI=1S/C13H8ClF3N2/c14-10-5-9(18-13(19-10)6-1-2-6)7-3-4-8(15)12(17)11(7)16/h3-6H,1-2H2. The fraction of sp³-hybridized carbons (Fsp3) is 0.231. The first-order valence-electron chi connectivity index (χ1n) is 5.74. The smallest absolute Gasteiger partial charge is 0.195 e. The van der Waals surface area contributed by atoms with Crippen LogP contribution in [0.3, 0.4) is 0 Å². The Morgan fingerprint density at radius 1 is 1.05 bits per heavy atom. The summed E-state index contributed by atoms with van der Waals surface area (Å²) in [5, 5.41) is 0.163. The van der Waals surface area contributed by atoms with Gasteiger partial charge in [0.05, 0.1) is 5.69 Å². The van der Waals surface area contributed by atoms with E-state index in [1.807, 2.05) is 0 Å². The van der Waals surface area contributed by atoms with Gasteiger partial charge < -0.3 is 0 Å². The third-order valence-corrected chi connectivity index (χ3v) is 3.16. The third-order valence-electron chi connectivity index (χ3n) is 2.97. The van der Waals surface area contributed by atoms with Crippen molar-refractivity contribution in [1.29, 1.82) is 0 Å². The lowest BCUT2D eigenvalue weighted by atomic mass is 10.1. The average molecular weight is 285 g/mol. The van der Waals surface area contributed by atoms with Crippen LogP contribution < -0.4 is 0 Å². The molecule has 98 valence electrons. The maximum Gasteiger partial charge on any atom is 0.195 e. The van der Waals surface area contributed by atoms with Crippen LogP contribution in [0.1, 0.15) is 24.6 Å². The number of benzene rings is 1. The van der Waals surface area contributed by atoms with Gasteiger partial charge in [0.2, 0.25) is 0 Å². The first-order chi connectivity index (χ1) is 9.06. The molecule has 0 saturated heterocycles. The highest BCUT2D eigenvalue weighted by Crippen LogP contribution is 2.39. The van der Waals surface area contributed by atoms with Gasteiger partial charge >= 0.3 is 0 Å². The Bertz CT molecular complexity index is 657. The van der Waals surface area contributed by atoms with Gasteiger partial charge in [-0.3, -0.25) is 0 Å². The fourth-order valence-corrected chi connectivity index (χ4v) is 2.01. The molecule has 0 spiro atoms. The van der Waals surface area contributed by atoms with Crippen molar-refractivity contribution in [1.82, 2.24) is 9.97 Å². The minimum atomic E-state index is -1.51. The molecule has 1 aromatic carbocycles. The Morgan fingerprint density at radius 2 is 1.79 bits per heavy atom. The predicted molar refractivity (Wildman–Crippen MR) is 64.3 cm³/mol. The van der Waals surface area contributed by atoms with Crippen molar-refractivity contribution in [3.05, 3.63) is 46.6 Å². The maximum atomic E-state index is 13.7. The number of aromatic nitrogens is 2. The Labute approximate surface area is 112 Å². The topological polar surface area (TPSA) is 25.8 Å². The Hall–Kier alpha value is -1.62. The minimum absolute atomic E-state index is 0.120. The zero-order valence-corrected chi connectivity index (χ0v) is 10.4. The Balaban J connectivity index is 2.13. The minimum Gasteiger partial charge on any atom is -0.232 e. The van der Waals surface area contributed by atoms with Gasteiger partial charge in [-0.2, -0.15) is 0 Å². The second kappa shape index (κ2) is 4.49. The van der Waals surface area contributed by atoms with E-state index in [-0.39, 0.29) is 22.3 Å². The number of nitrogens with zero attached hydrogens (tertiary/aromatic N) is 2. The molecule has 1 aromatic heterocycles. The normalized spacial score (nSPS) is 14.7. The van der Waals surface area contributed by atoms with Gasteiger partial charge in [0.1, 0.15) is 11.0 Å². The molecule has 0 amide bonds. The van der Waals surface area contributed by atoms with E-state index in [2.05, 4.69) is 9.97 Å². The van der Waals surface area contributed by atoms with Crippen LogP contribution in [-0.2, 0) is 0 Å². The maximum absolute atomic E-state index is 13.7. The van der Waals surface area contributed by atoms with Crippen LogP contribution in [0.25, 0.3) is 11.3 Å². The first kappa shape index (κ1) is 12.4. The van der Waals surface area contributed by atoms with Gasteiger partial charge in [0.15, 0.2) is 17.5 Å². The fourth-order valence-electron chi connectivity index (χ4n) is 1.82. The van der Waals surface area contributed by atoms with E-state index in [1.165, 1.54) is 6.07 Å². The summed E-state index contributed by atoms with van der Waals surface area (Å²) in [5.41, 5.74) is 0.0448. The van der Waals surface area contributed by atoms with E-state index in [4.69, 9.17) is 11.6 Å². The lowest BCUT2D eigenvalue weighted by Gasteiger charge is -2.06. The molecule has 0 radical (unpaired) electrons. The van der Waals surface area contributed by atoms with Gasteiger partial charge in [-0.1, -0.05) is 11.6 Å². The molecule has 1 heterocycles. The molecule has 0 bridgehead atoms. The van der Waals surface area contributed by atoms with Crippen molar-refractivity contribution < 1.29 is 13.2 Å². The molecule has 6 heteroatoms. The van der Waals surface area contributed by atoms with Crippen LogP contribution in [0.4, 0.5) is 13.2 Å². The molecule has 1 aliphatic rings. The Kier molecular flexibility index (Phi) is 2.93. The molecule has 0 N–H and O–H groups in total. The lowest BCUT2D eigenvalue weighted by Crippen LogP contribution is -1.99. The molecule has 3 rings (SSSR count). The van der Waals surface area contributed by atoms with E-state index in [0.29, 0.717) is 5.82 Å². The van der Waals surface area contributed by atoms with Gasteiger partial charge in [0, 0.05) is 17.5 Å². The van der Waals surface area contributed by atoms with E-state index in [9.17, 15) is 13.2 Å². The van der Waals surface area contributed by atoms with E-state index < -0.39 is 17.5 Å². The van der Waals surface area contributed by atoms with Crippen molar-refractivity contribution in [3.63, 3.8) is 0 Å². The summed E-state index contributed by atoms with van der Waals surface area (Å²) in [6, 6.07) is 3.34. The van der Waals surface area contributed by atoms with Crippen molar-refractivity contribution in [2.45, 2.75) is 18.8 Å². The first-order valence-corrected chi connectivity index (χ1v) is 6.12. The third kappa shape index (κ3) is 2.30. The van der Waals surface area contributed by atoms with Crippen molar-refractivity contribution in [2.24, 2.45) is 0 Å². The van der Waals surface area contributed by atoms with Crippen LogP contribution in [0.15, 0.2) is 18.2 Å². The molecule has 2 aromatic rings. The molecule has 1 saturated carbocycles. The SMILES string of the molecule is Fc1ccc(-c2cc(Cl)nc(C3CC3)n2)c(F)c1F. The molecule has 0 aliphatic heterocycles. The monoisotopic (exact) mass is 284 g/mol. The second-order valence-electron chi connectivity index (χ2n) is 4.43. The lowest BCUT2D eigenvalue weighted by molar-refractivity contribution is 0.449. The molecule has 1 aliphatic carbocycles. The van der Waals surface area contributed by atoms with Crippen molar-refractivity contribution in [3.8, 4) is 11.3 Å². The largest absolute Gasteiger partial charge is 0.232 e. The predicted octanol–water partition coefficient (Wildman–Crippen LogP) is 4.09. The number of rotatable bonds is 2. The van der Waals surface area contributed by atoms with Gasteiger partial charge in [-0.15, -0.1) is 0 Å². The zero-order valence-electron chi connectivity index (χ0n) is 9.63. The zero-order chi connectivity index (χ0) is 13.6.